The minimum atomic E-state index is -0.792. The van der Waals surface area contributed by atoms with Gasteiger partial charge in [0.25, 0.3) is 0 Å². The average molecular weight is 306 g/mol. The Morgan fingerprint density at radius 2 is 1.65 bits per heavy atom. The third-order valence-electron chi connectivity index (χ3n) is 3.68. The molecule has 1 N–H and O–H groups in total. The molecule has 0 aliphatic heterocycles. The molecule has 0 aliphatic rings. The van der Waals surface area contributed by atoms with Gasteiger partial charge in [0.05, 0.1) is 12.2 Å². The fourth-order valence-corrected chi connectivity index (χ4v) is 2.58. The maximum atomic E-state index is 10.9. The fraction of sp³-hybridized carbons (Fsp3) is 0.158. The van der Waals surface area contributed by atoms with Gasteiger partial charge in [0.1, 0.15) is 0 Å². The van der Waals surface area contributed by atoms with Crippen LogP contribution in [-0.4, -0.2) is 20.9 Å². The van der Waals surface area contributed by atoms with E-state index in [1.54, 1.807) is 0 Å². The molecule has 0 unspecified atom stereocenters. The van der Waals surface area contributed by atoms with Crippen molar-refractivity contribution in [3.8, 4) is 11.3 Å². The molecule has 0 radical (unpaired) electrons. The molecule has 3 rings (SSSR count). The summed E-state index contributed by atoms with van der Waals surface area (Å²) >= 11 is 0. The van der Waals surface area contributed by atoms with Gasteiger partial charge in [-0.3, -0.25) is 9.48 Å². The predicted molar refractivity (Wildman–Crippen MR) is 89.2 cm³/mol. The van der Waals surface area contributed by atoms with Crippen LogP contribution in [0.5, 0.6) is 0 Å². The molecular weight excluding hydrogens is 288 g/mol. The zero-order chi connectivity index (χ0) is 16.1. The summed E-state index contributed by atoms with van der Waals surface area (Å²) in [5, 5.41) is 13.6. The summed E-state index contributed by atoms with van der Waals surface area (Å²) in [4.78, 5) is 10.9. The molecule has 4 nitrogen and oxygen atoms in total. The van der Waals surface area contributed by atoms with Gasteiger partial charge in [-0.1, -0.05) is 60.7 Å². The number of benzene rings is 2. The molecule has 3 aromatic rings. The van der Waals surface area contributed by atoms with Crippen LogP contribution in [-0.2, 0) is 17.8 Å². The summed E-state index contributed by atoms with van der Waals surface area (Å²) in [6.07, 6.45) is 2.55. The Kier molecular flexibility index (Phi) is 4.52. The smallest absolute Gasteiger partial charge is 0.303 e. The molecule has 0 fully saturated rings. The van der Waals surface area contributed by atoms with Gasteiger partial charge in [-0.15, -0.1) is 0 Å². The quantitative estimate of drug-likeness (QED) is 0.757. The normalized spacial score (nSPS) is 10.6. The summed E-state index contributed by atoms with van der Waals surface area (Å²) in [5.41, 5.74) is 4.01. The zero-order valence-corrected chi connectivity index (χ0v) is 12.7. The second-order valence-corrected chi connectivity index (χ2v) is 5.45. The lowest BCUT2D eigenvalue weighted by molar-refractivity contribution is -0.136. The summed E-state index contributed by atoms with van der Waals surface area (Å²) < 4.78 is 1.88. The monoisotopic (exact) mass is 306 g/mol. The third kappa shape index (κ3) is 3.86. The van der Waals surface area contributed by atoms with Gasteiger partial charge in [0, 0.05) is 18.2 Å². The van der Waals surface area contributed by atoms with Crippen LogP contribution in [0.3, 0.4) is 0 Å². The Morgan fingerprint density at radius 3 is 2.30 bits per heavy atom. The fourth-order valence-electron chi connectivity index (χ4n) is 2.58. The lowest BCUT2D eigenvalue weighted by Gasteiger charge is -2.01. The SMILES string of the molecule is O=C(O)CCc1cn(Cc2ccccc2)nc1-c1ccccc1. The highest BCUT2D eigenvalue weighted by Gasteiger charge is 2.12. The van der Waals surface area contributed by atoms with Crippen molar-refractivity contribution < 1.29 is 9.90 Å². The van der Waals surface area contributed by atoms with Gasteiger partial charge in [0.15, 0.2) is 0 Å². The Labute approximate surface area is 135 Å². The highest BCUT2D eigenvalue weighted by molar-refractivity contribution is 5.68. The number of carboxylic acid groups (broad SMARTS) is 1. The highest BCUT2D eigenvalue weighted by Crippen LogP contribution is 2.23. The summed E-state index contributed by atoms with van der Waals surface area (Å²) in [6.45, 7) is 0.674. The molecule has 116 valence electrons. The van der Waals surface area contributed by atoms with Crippen LogP contribution < -0.4 is 0 Å². The topological polar surface area (TPSA) is 55.1 Å². The number of hydrogen-bond acceptors (Lipinski definition) is 2. The van der Waals surface area contributed by atoms with Gasteiger partial charge in [-0.2, -0.15) is 5.10 Å². The van der Waals surface area contributed by atoms with Crippen LogP contribution in [0.25, 0.3) is 11.3 Å². The van der Waals surface area contributed by atoms with Crippen molar-refractivity contribution in [2.45, 2.75) is 19.4 Å². The number of hydrogen-bond donors (Lipinski definition) is 1. The molecule has 23 heavy (non-hydrogen) atoms. The minimum absolute atomic E-state index is 0.108. The van der Waals surface area contributed by atoms with Crippen molar-refractivity contribution in [1.82, 2.24) is 9.78 Å². The highest BCUT2D eigenvalue weighted by atomic mass is 16.4. The Hall–Kier alpha value is -2.88. The average Bonchev–Trinajstić information content (AvgIpc) is 2.97. The number of carboxylic acids is 1. The summed E-state index contributed by atoms with van der Waals surface area (Å²) in [7, 11) is 0. The van der Waals surface area contributed by atoms with E-state index in [2.05, 4.69) is 17.2 Å². The second-order valence-electron chi connectivity index (χ2n) is 5.45. The molecule has 0 aliphatic carbocycles. The maximum Gasteiger partial charge on any atom is 0.303 e. The first-order chi connectivity index (χ1) is 11.2. The van der Waals surface area contributed by atoms with Crippen molar-refractivity contribution in [3.05, 3.63) is 78.0 Å². The van der Waals surface area contributed by atoms with Crippen LogP contribution in [0.2, 0.25) is 0 Å². The van der Waals surface area contributed by atoms with Gasteiger partial charge in [0.2, 0.25) is 0 Å². The van der Waals surface area contributed by atoms with Crippen LogP contribution in [0.4, 0.5) is 0 Å². The number of aliphatic carboxylic acids is 1. The Bertz CT molecular complexity index is 780. The summed E-state index contributed by atoms with van der Waals surface area (Å²) in [5.74, 6) is -0.792. The maximum absolute atomic E-state index is 10.9. The third-order valence-corrected chi connectivity index (χ3v) is 3.68. The largest absolute Gasteiger partial charge is 0.481 e. The van der Waals surface area contributed by atoms with E-state index < -0.39 is 5.97 Å². The first kappa shape index (κ1) is 15.0. The molecule has 0 amide bonds. The molecule has 0 saturated heterocycles. The van der Waals surface area contributed by atoms with Crippen molar-refractivity contribution in [3.63, 3.8) is 0 Å². The zero-order valence-electron chi connectivity index (χ0n) is 12.7. The molecule has 0 spiro atoms. The molecule has 4 heteroatoms. The predicted octanol–water partition coefficient (Wildman–Crippen LogP) is 3.62. The molecule has 0 saturated carbocycles. The molecule has 1 heterocycles. The van der Waals surface area contributed by atoms with E-state index in [1.807, 2.05) is 59.4 Å². The van der Waals surface area contributed by atoms with E-state index >= 15 is 0 Å². The van der Waals surface area contributed by atoms with Crippen LogP contribution in [0, 0.1) is 0 Å². The number of nitrogens with zero attached hydrogens (tertiary/aromatic N) is 2. The lowest BCUT2D eigenvalue weighted by Crippen LogP contribution is -2.00. The number of rotatable bonds is 6. The van der Waals surface area contributed by atoms with E-state index in [-0.39, 0.29) is 6.42 Å². The molecule has 0 atom stereocenters. The van der Waals surface area contributed by atoms with Gasteiger partial charge in [-0.05, 0) is 17.5 Å². The Balaban J connectivity index is 1.91. The number of aryl methyl sites for hydroxylation is 1. The minimum Gasteiger partial charge on any atom is -0.481 e. The van der Waals surface area contributed by atoms with Crippen molar-refractivity contribution >= 4 is 5.97 Å². The molecular formula is C19H18N2O2. The van der Waals surface area contributed by atoms with E-state index in [9.17, 15) is 4.79 Å². The second kappa shape index (κ2) is 6.92. The Morgan fingerprint density at radius 1 is 1.00 bits per heavy atom. The first-order valence-electron chi connectivity index (χ1n) is 7.60. The van der Waals surface area contributed by atoms with Crippen molar-refractivity contribution in [2.75, 3.05) is 0 Å². The van der Waals surface area contributed by atoms with E-state index in [0.29, 0.717) is 13.0 Å². The van der Waals surface area contributed by atoms with Gasteiger partial charge >= 0.3 is 5.97 Å². The molecule has 2 aromatic carbocycles. The van der Waals surface area contributed by atoms with Crippen LogP contribution >= 0.6 is 0 Å². The number of carbonyl (C=O) groups is 1. The van der Waals surface area contributed by atoms with E-state index in [0.717, 1.165) is 16.8 Å². The molecule has 1 aromatic heterocycles. The lowest BCUT2D eigenvalue weighted by atomic mass is 10.0. The van der Waals surface area contributed by atoms with E-state index in [4.69, 9.17) is 5.11 Å². The molecule has 0 bridgehead atoms. The van der Waals surface area contributed by atoms with E-state index in [1.165, 1.54) is 5.56 Å². The van der Waals surface area contributed by atoms with Gasteiger partial charge < -0.3 is 5.11 Å². The van der Waals surface area contributed by atoms with Crippen molar-refractivity contribution in [2.24, 2.45) is 0 Å². The van der Waals surface area contributed by atoms with Crippen molar-refractivity contribution in [1.29, 1.82) is 0 Å². The summed E-state index contributed by atoms with van der Waals surface area (Å²) in [6, 6.07) is 20.0. The van der Waals surface area contributed by atoms with Crippen LogP contribution in [0.1, 0.15) is 17.5 Å². The van der Waals surface area contributed by atoms with Gasteiger partial charge in [-0.25, -0.2) is 0 Å². The first-order valence-corrected chi connectivity index (χ1v) is 7.60. The van der Waals surface area contributed by atoms with Crippen LogP contribution in [0.15, 0.2) is 66.9 Å². The number of aromatic nitrogens is 2. The standard InChI is InChI=1S/C19H18N2O2/c22-18(23)12-11-17-14-21(13-15-7-3-1-4-8-15)20-19(17)16-9-5-2-6-10-16/h1-10,14H,11-13H2,(H,22,23).